The van der Waals surface area contributed by atoms with Crippen molar-refractivity contribution >= 4 is 19.6 Å². The maximum atomic E-state index is 13.0. The van der Waals surface area contributed by atoms with E-state index in [-0.39, 0.29) is 11.3 Å². The number of hydrogen-bond acceptors (Lipinski definition) is 5. The predicted molar refractivity (Wildman–Crippen MR) is 109 cm³/mol. The second-order valence-electron chi connectivity index (χ2n) is 7.38. The van der Waals surface area contributed by atoms with Gasteiger partial charge in [0.1, 0.15) is 22.5 Å². The zero-order valence-electron chi connectivity index (χ0n) is 17.2. The molecule has 0 amide bonds. The molecule has 30 heavy (non-hydrogen) atoms. The summed E-state index contributed by atoms with van der Waals surface area (Å²) in [5.41, 5.74) is 1.55. The lowest BCUT2D eigenvalue weighted by molar-refractivity contribution is -0.137. The standard InChI is InChI=1S/C20H24F3N3O3Si/c1-13-10-14(6-5-9-30(4,28-2)29-3)19(27)18(11-13)26-24-16-8-7-15(20(21,22)23)12-17(16)25-26/h7-8,10-12,27H,5-6,9H2,1-4H3. The molecule has 0 aliphatic carbocycles. The Morgan fingerprint density at radius 2 is 1.73 bits per heavy atom. The number of aromatic nitrogens is 3. The Balaban J connectivity index is 1.91. The Morgan fingerprint density at radius 3 is 2.37 bits per heavy atom. The van der Waals surface area contributed by atoms with Gasteiger partial charge in [0.2, 0.25) is 0 Å². The van der Waals surface area contributed by atoms with Gasteiger partial charge in [0.25, 0.3) is 0 Å². The number of phenols is 1. The monoisotopic (exact) mass is 439 g/mol. The molecule has 0 saturated heterocycles. The molecule has 2 aromatic carbocycles. The van der Waals surface area contributed by atoms with Crippen molar-refractivity contribution in [2.45, 2.75) is 38.5 Å². The van der Waals surface area contributed by atoms with Gasteiger partial charge in [-0.05, 0) is 67.7 Å². The van der Waals surface area contributed by atoms with Crippen molar-refractivity contribution < 1.29 is 27.1 Å². The Hall–Kier alpha value is -2.43. The molecule has 6 nitrogen and oxygen atoms in total. The highest BCUT2D eigenvalue weighted by Gasteiger charge is 2.31. The van der Waals surface area contributed by atoms with Gasteiger partial charge in [-0.25, -0.2) is 0 Å². The van der Waals surface area contributed by atoms with Gasteiger partial charge < -0.3 is 14.0 Å². The number of benzene rings is 2. The van der Waals surface area contributed by atoms with Gasteiger partial charge in [-0.1, -0.05) is 6.07 Å². The number of phenolic OH excluding ortho intramolecular Hbond substituents is 1. The van der Waals surface area contributed by atoms with Crippen LogP contribution in [0.1, 0.15) is 23.1 Å². The summed E-state index contributed by atoms with van der Waals surface area (Å²) in [6.07, 6.45) is -3.11. The van der Waals surface area contributed by atoms with Gasteiger partial charge in [-0.15, -0.1) is 15.0 Å². The minimum atomic E-state index is -4.46. The quantitative estimate of drug-likeness (QED) is 0.538. The number of aromatic hydroxyl groups is 1. The number of nitrogens with zero attached hydrogens (tertiary/aromatic N) is 3. The fourth-order valence-electron chi connectivity index (χ4n) is 3.26. The molecule has 1 heterocycles. The second kappa shape index (κ2) is 8.36. The van der Waals surface area contributed by atoms with Crippen molar-refractivity contribution in [3.05, 3.63) is 47.0 Å². The van der Waals surface area contributed by atoms with Crippen LogP contribution in [0.3, 0.4) is 0 Å². The first-order valence-corrected chi connectivity index (χ1v) is 12.0. The first kappa shape index (κ1) is 22.3. The van der Waals surface area contributed by atoms with E-state index in [1.807, 2.05) is 19.5 Å². The maximum absolute atomic E-state index is 13.0. The van der Waals surface area contributed by atoms with E-state index in [9.17, 15) is 18.3 Å². The summed E-state index contributed by atoms with van der Waals surface area (Å²) in [5, 5.41) is 19.2. The van der Waals surface area contributed by atoms with Crippen LogP contribution in [0.2, 0.25) is 12.6 Å². The summed E-state index contributed by atoms with van der Waals surface area (Å²) in [6.45, 7) is 3.85. The molecule has 0 aliphatic heterocycles. The Labute approximate surface area is 173 Å². The smallest absolute Gasteiger partial charge is 0.416 e. The fraction of sp³-hybridized carbons (Fsp3) is 0.400. The van der Waals surface area contributed by atoms with Crippen molar-refractivity contribution in [3.8, 4) is 11.4 Å². The largest absolute Gasteiger partial charge is 0.505 e. The van der Waals surface area contributed by atoms with Crippen LogP contribution in [0.25, 0.3) is 16.7 Å². The number of rotatable bonds is 7. The number of hydrogen-bond donors (Lipinski definition) is 1. The van der Waals surface area contributed by atoms with Gasteiger partial charge in [0.15, 0.2) is 0 Å². The minimum Gasteiger partial charge on any atom is -0.505 e. The van der Waals surface area contributed by atoms with Gasteiger partial charge in [-0.2, -0.15) is 13.2 Å². The molecule has 0 saturated carbocycles. The summed E-state index contributed by atoms with van der Waals surface area (Å²) >= 11 is 0. The third-order valence-corrected chi connectivity index (χ3v) is 8.17. The summed E-state index contributed by atoms with van der Waals surface area (Å²) in [7, 11) is 1.06. The molecule has 1 N–H and O–H groups in total. The van der Waals surface area contributed by atoms with Crippen molar-refractivity contribution in [1.29, 1.82) is 0 Å². The molecule has 1 aromatic heterocycles. The fourth-order valence-corrected chi connectivity index (χ4v) is 4.66. The predicted octanol–water partition coefficient (Wildman–Crippen LogP) is 4.75. The van der Waals surface area contributed by atoms with Crippen molar-refractivity contribution in [3.63, 3.8) is 0 Å². The Morgan fingerprint density at radius 1 is 1.07 bits per heavy atom. The highest BCUT2D eigenvalue weighted by Crippen LogP contribution is 2.32. The zero-order valence-corrected chi connectivity index (χ0v) is 18.2. The molecule has 3 rings (SSSR count). The van der Waals surface area contributed by atoms with E-state index in [0.717, 1.165) is 30.2 Å². The van der Waals surface area contributed by atoms with Crippen LogP contribution in [0.15, 0.2) is 30.3 Å². The van der Waals surface area contributed by atoms with Crippen LogP contribution in [-0.4, -0.2) is 42.9 Å². The topological polar surface area (TPSA) is 69.4 Å². The third-order valence-electron chi connectivity index (χ3n) is 5.18. The molecular formula is C20H24F3N3O3Si. The van der Waals surface area contributed by atoms with E-state index in [2.05, 4.69) is 10.2 Å². The normalized spacial score (nSPS) is 12.6. The van der Waals surface area contributed by atoms with Crippen molar-refractivity contribution in [1.82, 2.24) is 15.0 Å². The number of aryl methyl sites for hydroxylation is 2. The molecule has 3 aromatic rings. The lowest BCUT2D eigenvalue weighted by Gasteiger charge is -2.22. The highest BCUT2D eigenvalue weighted by atomic mass is 28.4. The molecule has 10 heteroatoms. The first-order valence-electron chi connectivity index (χ1n) is 9.44. The first-order chi connectivity index (χ1) is 14.1. The highest BCUT2D eigenvalue weighted by molar-refractivity contribution is 6.65. The van der Waals surface area contributed by atoms with Crippen LogP contribution in [0.4, 0.5) is 13.2 Å². The summed E-state index contributed by atoms with van der Waals surface area (Å²) in [5.74, 6) is 0.00940. The lowest BCUT2D eigenvalue weighted by Crippen LogP contribution is -2.35. The molecule has 0 spiro atoms. The molecule has 0 aliphatic rings. The van der Waals surface area contributed by atoms with Crippen LogP contribution in [0.5, 0.6) is 5.75 Å². The number of alkyl halides is 3. The van der Waals surface area contributed by atoms with Gasteiger partial charge in [-0.3, -0.25) is 0 Å². The maximum Gasteiger partial charge on any atom is 0.416 e. The molecule has 0 unspecified atom stereocenters. The van der Waals surface area contributed by atoms with Crippen LogP contribution >= 0.6 is 0 Å². The van der Waals surface area contributed by atoms with Gasteiger partial charge in [0.05, 0.1) is 5.56 Å². The molecule has 162 valence electrons. The van der Waals surface area contributed by atoms with E-state index in [0.29, 0.717) is 23.2 Å². The van der Waals surface area contributed by atoms with E-state index in [1.54, 1.807) is 20.3 Å². The SMILES string of the molecule is CO[Si](C)(CCCc1cc(C)cc(-n2nc3ccc(C(F)(F)F)cc3n2)c1O)OC. The van der Waals surface area contributed by atoms with E-state index < -0.39 is 20.3 Å². The van der Waals surface area contributed by atoms with Gasteiger partial charge in [0, 0.05) is 14.2 Å². The zero-order chi connectivity index (χ0) is 22.1. The Bertz CT molecular complexity index is 1050. The second-order valence-corrected chi connectivity index (χ2v) is 11.0. The molecular weight excluding hydrogens is 415 g/mol. The van der Waals surface area contributed by atoms with Crippen molar-refractivity contribution in [2.75, 3.05) is 14.2 Å². The summed E-state index contributed by atoms with van der Waals surface area (Å²) in [4.78, 5) is 1.18. The summed E-state index contributed by atoms with van der Waals surface area (Å²) in [6, 6.07) is 7.53. The molecule has 0 radical (unpaired) electrons. The molecule has 0 fully saturated rings. The number of fused-ring (bicyclic) bond motifs is 1. The van der Waals surface area contributed by atoms with E-state index >= 15 is 0 Å². The van der Waals surface area contributed by atoms with Crippen LogP contribution < -0.4 is 0 Å². The lowest BCUT2D eigenvalue weighted by atomic mass is 10.0. The van der Waals surface area contributed by atoms with Crippen LogP contribution in [-0.2, 0) is 21.4 Å². The average molecular weight is 440 g/mol. The van der Waals surface area contributed by atoms with Gasteiger partial charge >= 0.3 is 14.7 Å². The Kier molecular flexibility index (Phi) is 6.20. The van der Waals surface area contributed by atoms with E-state index in [4.69, 9.17) is 8.85 Å². The van der Waals surface area contributed by atoms with Crippen LogP contribution in [0, 0.1) is 6.92 Å². The third kappa shape index (κ3) is 4.66. The minimum absolute atomic E-state index is 0.00940. The molecule has 0 atom stereocenters. The molecule has 0 bridgehead atoms. The number of halogens is 3. The van der Waals surface area contributed by atoms with Crippen molar-refractivity contribution in [2.24, 2.45) is 0 Å². The summed E-state index contributed by atoms with van der Waals surface area (Å²) < 4.78 is 49.9. The van der Waals surface area contributed by atoms with E-state index in [1.165, 1.54) is 10.9 Å². The average Bonchev–Trinajstić information content (AvgIpc) is 3.12.